The number of hydrogen-bond donors (Lipinski definition) is 0. The predicted molar refractivity (Wildman–Crippen MR) is 64.8 cm³/mol. The quantitative estimate of drug-likeness (QED) is 0.671. The topological polar surface area (TPSA) is 12.4 Å². The lowest BCUT2D eigenvalue weighted by Gasteiger charge is -1.98. The first-order valence-electron chi connectivity index (χ1n) is 5.11. The zero-order valence-electron chi connectivity index (χ0n) is 9.02. The van der Waals surface area contributed by atoms with Crippen LogP contribution in [0.4, 0.5) is 10.1 Å². The number of hydrogen-bond acceptors (Lipinski definition) is 1. The van der Waals surface area contributed by atoms with Crippen molar-refractivity contribution in [2.45, 2.75) is 6.92 Å². The van der Waals surface area contributed by atoms with E-state index in [1.165, 1.54) is 6.07 Å². The van der Waals surface area contributed by atoms with Crippen molar-refractivity contribution in [1.29, 1.82) is 0 Å². The third-order valence-corrected chi connectivity index (χ3v) is 2.26. The van der Waals surface area contributed by atoms with Crippen LogP contribution < -0.4 is 0 Å². The molecule has 0 radical (unpaired) electrons. The first-order chi connectivity index (χ1) is 7.75. The van der Waals surface area contributed by atoms with E-state index in [0.29, 0.717) is 5.56 Å². The molecule has 80 valence electrons. The van der Waals surface area contributed by atoms with Crippen molar-refractivity contribution >= 4 is 11.9 Å². The summed E-state index contributed by atoms with van der Waals surface area (Å²) in [6, 6.07) is 14.5. The zero-order chi connectivity index (χ0) is 11.4. The maximum Gasteiger partial charge on any atom is 0.131 e. The van der Waals surface area contributed by atoms with Gasteiger partial charge >= 0.3 is 0 Å². The normalized spacial score (nSPS) is 10.9. The lowest BCUT2D eigenvalue weighted by atomic mass is 10.1. The molecule has 0 saturated heterocycles. The molecule has 0 aliphatic carbocycles. The Morgan fingerprint density at radius 3 is 2.56 bits per heavy atom. The molecule has 0 unspecified atom stereocenters. The van der Waals surface area contributed by atoms with Gasteiger partial charge in [0.1, 0.15) is 5.82 Å². The number of nitrogens with zero attached hydrogens (tertiary/aromatic N) is 1. The second-order valence-corrected chi connectivity index (χ2v) is 3.62. The molecule has 0 atom stereocenters. The molecular weight excluding hydrogens is 201 g/mol. The highest BCUT2D eigenvalue weighted by molar-refractivity contribution is 5.82. The summed E-state index contributed by atoms with van der Waals surface area (Å²) in [6.07, 6.45) is 1.55. The largest absolute Gasteiger partial charge is 0.256 e. The third-order valence-electron chi connectivity index (χ3n) is 2.26. The Bertz CT molecular complexity index is 503. The van der Waals surface area contributed by atoms with Gasteiger partial charge in [-0.2, -0.15) is 0 Å². The molecule has 0 heterocycles. The fraction of sp³-hybridized carbons (Fsp3) is 0.0714. The van der Waals surface area contributed by atoms with Crippen molar-refractivity contribution in [1.82, 2.24) is 0 Å². The maximum atomic E-state index is 13.4. The second-order valence-electron chi connectivity index (χ2n) is 3.62. The fourth-order valence-corrected chi connectivity index (χ4v) is 1.42. The average Bonchev–Trinajstić information content (AvgIpc) is 2.32. The summed E-state index contributed by atoms with van der Waals surface area (Å²) < 4.78 is 13.4. The van der Waals surface area contributed by atoms with E-state index < -0.39 is 0 Å². The summed E-state index contributed by atoms with van der Waals surface area (Å²) in [7, 11) is 0. The highest BCUT2D eigenvalue weighted by Crippen LogP contribution is 2.12. The van der Waals surface area contributed by atoms with E-state index in [-0.39, 0.29) is 5.82 Å². The van der Waals surface area contributed by atoms with Crippen molar-refractivity contribution in [2.24, 2.45) is 4.99 Å². The lowest BCUT2D eigenvalue weighted by Crippen LogP contribution is -1.88. The molecule has 2 rings (SSSR count). The van der Waals surface area contributed by atoms with Crippen LogP contribution in [0.15, 0.2) is 53.5 Å². The van der Waals surface area contributed by atoms with Gasteiger partial charge in [0.15, 0.2) is 0 Å². The minimum Gasteiger partial charge on any atom is -0.256 e. The van der Waals surface area contributed by atoms with Crippen LogP contribution in [0.1, 0.15) is 11.1 Å². The van der Waals surface area contributed by atoms with Crippen molar-refractivity contribution in [2.75, 3.05) is 0 Å². The van der Waals surface area contributed by atoms with E-state index in [1.54, 1.807) is 18.3 Å². The minimum atomic E-state index is -0.245. The Hall–Kier alpha value is -1.96. The highest BCUT2D eigenvalue weighted by atomic mass is 19.1. The van der Waals surface area contributed by atoms with Crippen molar-refractivity contribution in [3.63, 3.8) is 0 Å². The molecule has 0 N–H and O–H groups in total. The van der Waals surface area contributed by atoms with Crippen molar-refractivity contribution in [3.8, 4) is 0 Å². The number of rotatable bonds is 2. The van der Waals surface area contributed by atoms with Gasteiger partial charge < -0.3 is 0 Å². The van der Waals surface area contributed by atoms with E-state index in [4.69, 9.17) is 0 Å². The van der Waals surface area contributed by atoms with E-state index in [1.807, 2.05) is 37.3 Å². The molecule has 2 aromatic carbocycles. The van der Waals surface area contributed by atoms with Crippen LogP contribution in [-0.4, -0.2) is 6.21 Å². The van der Waals surface area contributed by atoms with Gasteiger partial charge in [0.25, 0.3) is 0 Å². The third kappa shape index (κ3) is 2.54. The van der Waals surface area contributed by atoms with Gasteiger partial charge in [-0.25, -0.2) is 4.39 Å². The molecule has 0 spiro atoms. The SMILES string of the molecule is Cc1ccc(F)c(C=Nc2ccccc2)c1. The Kier molecular flexibility index (Phi) is 3.10. The van der Waals surface area contributed by atoms with Crippen LogP contribution in [0.25, 0.3) is 0 Å². The Morgan fingerprint density at radius 2 is 1.81 bits per heavy atom. The number of para-hydroxylation sites is 1. The van der Waals surface area contributed by atoms with Gasteiger partial charge in [-0.05, 0) is 31.2 Å². The van der Waals surface area contributed by atoms with Gasteiger partial charge in [-0.15, -0.1) is 0 Å². The number of benzene rings is 2. The van der Waals surface area contributed by atoms with E-state index in [0.717, 1.165) is 11.3 Å². The molecule has 1 nitrogen and oxygen atoms in total. The summed E-state index contributed by atoms with van der Waals surface area (Å²) in [5, 5.41) is 0. The highest BCUT2D eigenvalue weighted by Gasteiger charge is 1.98. The van der Waals surface area contributed by atoms with Crippen molar-refractivity contribution < 1.29 is 4.39 Å². The fourth-order valence-electron chi connectivity index (χ4n) is 1.42. The number of aliphatic imine (C=N–C) groups is 1. The molecule has 2 heteroatoms. The van der Waals surface area contributed by atoms with Gasteiger partial charge in [-0.1, -0.05) is 29.8 Å². The monoisotopic (exact) mass is 213 g/mol. The van der Waals surface area contributed by atoms with Crippen LogP contribution in [-0.2, 0) is 0 Å². The predicted octanol–water partition coefficient (Wildman–Crippen LogP) is 3.88. The van der Waals surface area contributed by atoms with Crippen molar-refractivity contribution in [3.05, 3.63) is 65.5 Å². The van der Waals surface area contributed by atoms with Gasteiger partial charge in [-0.3, -0.25) is 4.99 Å². The maximum absolute atomic E-state index is 13.4. The summed E-state index contributed by atoms with van der Waals surface area (Å²) in [6.45, 7) is 1.93. The van der Waals surface area contributed by atoms with E-state index in [9.17, 15) is 4.39 Å². The molecule has 0 amide bonds. The first-order valence-corrected chi connectivity index (χ1v) is 5.11. The molecular formula is C14H12FN. The molecule has 0 aromatic heterocycles. The number of halogens is 1. The van der Waals surface area contributed by atoms with Crippen LogP contribution in [0.5, 0.6) is 0 Å². The molecule has 2 aromatic rings. The summed E-state index contributed by atoms with van der Waals surface area (Å²) in [4.78, 5) is 4.21. The molecule has 0 fully saturated rings. The first kappa shape index (κ1) is 10.6. The van der Waals surface area contributed by atoms with Crippen LogP contribution >= 0.6 is 0 Å². The number of aryl methyl sites for hydroxylation is 1. The summed E-state index contributed by atoms with van der Waals surface area (Å²) >= 11 is 0. The van der Waals surface area contributed by atoms with Crippen LogP contribution in [0, 0.1) is 12.7 Å². The Labute approximate surface area is 94.3 Å². The summed E-state index contributed by atoms with van der Waals surface area (Å²) in [5.74, 6) is -0.245. The Morgan fingerprint density at radius 1 is 1.06 bits per heavy atom. The molecule has 0 aliphatic heterocycles. The molecule has 0 aliphatic rings. The standard InChI is InChI=1S/C14H12FN/c1-11-7-8-14(15)12(9-11)10-16-13-5-3-2-4-6-13/h2-10H,1H3. The van der Waals surface area contributed by atoms with Crippen LogP contribution in [0.2, 0.25) is 0 Å². The Balaban J connectivity index is 2.27. The smallest absolute Gasteiger partial charge is 0.131 e. The molecule has 0 saturated carbocycles. The van der Waals surface area contributed by atoms with Gasteiger partial charge in [0.05, 0.1) is 5.69 Å². The zero-order valence-corrected chi connectivity index (χ0v) is 9.02. The van der Waals surface area contributed by atoms with E-state index >= 15 is 0 Å². The minimum absolute atomic E-state index is 0.245. The van der Waals surface area contributed by atoms with Gasteiger partial charge in [0.2, 0.25) is 0 Å². The van der Waals surface area contributed by atoms with Crippen LogP contribution in [0.3, 0.4) is 0 Å². The lowest BCUT2D eigenvalue weighted by molar-refractivity contribution is 0.625. The molecule has 16 heavy (non-hydrogen) atoms. The van der Waals surface area contributed by atoms with E-state index in [2.05, 4.69) is 4.99 Å². The molecule has 0 bridgehead atoms. The second kappa shape index (κ2) is 4.71. The average molecular weight is 213 g/mol. The van der Waals surface area contributed by atoms with Gasteiger partial charge in [0, 0.05) is 11.8 Å². The summed E-state index contributed by atoms with van der Waals surface area (Å²) in [5.41, 5.74) is 2.36.